The van der Waals surface area contributed by atoms with Gasteiger partial charge in [-0.25, -0.2) is 0 Å². The summed E-state index contributed by atoms with van der Waals surface area (Å²) in [5.41, 5.74) is 1.32. The number of hydrogen-bond donors (Lipinski definition) is 2. The monoisotopic (exact) mass is 238 g/mol. The zero-order chi connectivity index (χ0) is 11.2. The zero-order valence-corrected chi connectivity index (χ0v) is 10.2. The van der Waals surface area contributed by atoms with Gasteiger partial charge in [-0.05, 0) is 24.9 Å². The molecule has 16 heavy (non-hydrogen) atoms. The minimum atomic E-state index is 0.200. The third-order valence-electron chi connectivity index (χ3n) is 3.06. The number of halogens is 1. The summed E-state index contributed by atoms with van der Waals surface area (Å²) in [6, 6.07) is 10.9. The van der Waals surface area contributed by atoms with E-state index in [1.165, 1.54) is 12.0 Å². The highest BCUT2D eigenvalue weighted by atomic mass is 35.5. The molecule has 1 aliphatic rings. The van der Waals surface area contributed by atoms with Crippen molar-refractivity contribution in [3.63, 3.8) is 0 Å². The van der Waals surface area contributed by atoms with E-state index < -0.39 is 0 Å². The summed E-state index contributed by atoms with van der Waals surface area (Å²) in [4.78, 5) is 0. The third-order valence-corrected chi connectivity index (χ3v) is 3.51. The Labute approximate surface area is 102 Å². The van der Waals surface area contributed by atoms with Crippen molar-refractivity contribution in [3.8, 4) is 0 Å². The van der Waals surface area contributed by atoms with Gasteiger partial charge in [-0.2, -0.15) is 0 Å². The number of hydrogen-bond acceptors (Lipinski definition) is 2. The van der Waals surface area contributed by atoms with Crippen LogP contribution in [0.3, 0.4) is 0 Å². The first-order chi connectivity index (χ1) is 7.86. The molecule has 1 aromatic rings. The van der Waals surface area contributed by atoms with Crippen molar-refractivity contribution in [1.82, 2.24) is 10.6 Å². The Balaban J connectivity index is 1.84. The zero-order valence-electron chi connectivity index (χ0n) is 9.45. The van der Waals surface area contributed by atoms with Gasteiger partial charge in [-0.1, -0.05) is 30.3 Å². The van der Waals surface area contributed by atoms with Crippen LogP contribution in [-0.4, -0.2) is 24.5 Å². The molecule has 2 rings (SSSR count). The summed E-state index contributed by atoms with van der Waals surface area (Å²) in [6.07, 6.45) is 2.36. The normalized spacial score (nSPS) is 26.3. The number of nitrogens with one attached hydrogen (secondary N) is 2. The molecule has 0 saturated carbocycles. The highest BCUT2D eigenvalue weighted by Gasteiger charge is 2.20. The maximum Gasteiger partial charge on any atom is 0.0613 e. The number of alkyl halides is 1. The van der Waals surface area contributed by atoms with Crippen LogP contribution in [0.2, 0.25) is 0 Å². The van der Waals surface area contributed by atoms with E-state index in [9.17, 15) is 0 Å². The highest BCUT2D eigenvalue weighted by Crippen LogP contribution is 2.12. The quantitative estimate of drug-likeness (QED) is 0.789. The fourth-order valence-electron chi connectivity index (χ4n) is 2.08. The molecule has 2 N–H and O–H groups in total. The Hall–Kier alpha value is -0.570. The average molecular weight is 239 g/mol. The first-order valence-electron chi connectivity index (χ1n) is 5.98. The summed E-state index contributed by atoms with van der Waals surface area (Å²) in [5.74, 6) is 0. The van der Waals surface area contributed by atoms with Crippen molar-refractivity contribution in [2.24, 2.45) is 0 Å². The Morgan fingerprint density at radius 1 is 1.31 bits per heavy atom. The molecule has 0 radical (unpaired) electrons. The molecule has 88 valence electrons. The van der Waals surface area contributed by atoms with Crippen molar-refractivity contribution < 1.29 is 0 Å². The molecular weight excluding hydrogens is 220 g/mol. The minimum Gasteiger partial charge on any atom is -0.315 e. The molecule has 2 atom stereocenters. The van der Waals surface area contributed by atoms with E-state index in [0.717, 1.165) is 26.1 Å². The molecule has 2 unspecified atom stereocenters. The molecule has 1 heterocycles. The second kappa shape index (κ2) is 6.24. The topological polar surface area (TPSA) is 24.1 Å². The van der Waals surface area contributed by atoms with Gasteiger partial charge in [-0.15, -0.1) is 11.6 Å². The van der Waals surface area contributed by atoms with Gasteiger partial charge in [0.05, 0.1) is 5.38 Å². The lowest BCUT2D eigenvalue weighted by molar-refractivity contribution is 0.474. The van der Waals surface area contributed by atoms with Gasteiger partial charge in [0.15, 0.2) is 0 Å². The van der Waals surface area contributed by atoms with Crippen LogP contribution in [-0.2, 0) is 6.54 Å². The van der Waals surface area contributed by atoms with Gasteiger partial charge >= 0.3 is 0 Å². The molecule has 1 aliphatic heterocycles. The molecule has 0 aliphatic carbocycles. The number of rotatable bonds is 3. The van der Waals surface area contributed by atoms with Crippen LogP contribution in [0.5, 0.6) is 0 Å². The Morgan fingerprint density at radius 3 is 2.94 bits per heavy atom. The number of benzene rings is 1. The van der Waals surface area contributed by atoms with Crippen molar-refractivity contribution in [1.29, 1.82) is 0 Å². The van der Waals surface area contributed by atoms with Gasteiger partial charge in [0.1, 0.15) is 0 Å². The van der Waals surface area contributed by atoms with Gasteiger partial charge in [0.2, 0.25) is 0 Å². The van der Waals surface area contributed by atoms with E-state index in [1.54, 1.807) is 0 Å². The van der Waals surface area contributed by atoms with E-state index in [4.69, 9.17) is 11.6 Å². The molecule has 1 fully saturated rings. The van der Waals surface area contributed by atoms with Gasteiger partial charge in [0.25, 0.3) is 0 Å². The van der Waals surface area contributed by atoms with E-state index >= 15 is 0 Å². The largest absolute Gasteiger partial charge is 0.315 e. The lowest BCUT2D eigenvalue weighted by atomic mass is 10.1. The second-order valence-electron chi connectivity index (χ2n) is 4.34. The molecule has 0 spiro atoms. The maximum absolute atomic E-state index is 6.33. The van der Waals surface area contributed by atoms with Gasteiger partial charge in [0, 0.05) is 19.1 Å². The van der Waals surface area contributed by atoms with Crippen molar-refractivity contribution in [2.75, 3.05) is 13.1 Å². The van der Waals surface area contributed by atoms with Crippen LogP contribution < -0.4 is 10.6 Å². The van der Waals surface area contributed by atoms with Crippen LogP contribution in [0, 0.1) is 0 Å². The van der Waals surface area contributed by atoms with Crippen molar-refractivity contribution in [2.45, 2.75) is 30.8 Å². The maximum atomic E-state index is 6.33. The smallest absolute Gasteiger partial charge is 0.0613 e. The molecule has 2 nitrogen and oxygen atoms in total. The predicted octanol–water partition coefficient (Wildman–Crippen LogP) is 2.14. The van der Waals surface area contributed by atoms with Gasteiger partial charge < -0.3 is 10.6 Å². The SMILES string of the molecule is ClC1CNCCCC1NCc1ccccc1. The van der Waals surface area contributed by atoms with Crippen LogP contribution in [0.1, 0.15) is 18.4 Å². The molecule has 0 bridgehead atoms. The Kier molecular flexibility index (Phi) is 4.64. The molecular formula is C13H19ClN2. The summed E-state index contributed by atoms with van der Waals surface area (Å²) < 4.78 is 0. The van der Waals surface area contributed by atoms with Crippen LogP contribution in [0.15, 0.2) is 30.3 Å². The molecule has 0 amide bonds. The van der Waals surface area contributed by atoms with E-state index in [2.05, 4.69) is 34.9 Å². The molecule has 3 heteroatoms. The lowest BCUT2D eigenvalue weighted by Gasteiger charge is -2.20. The van der Waals surface area contributed by atoms with E-state index in [0.29, 0.717) is 6.04 Å². The Morgan fingerprint density at radius 2 is 2.12 bits per heavy atom. The summed E-state index contributed by atoms with van der Waals surface area (Å²) >= 11 is 6.33. The Bertz CT molecular complexity index is 302. The predicted molar refractivity (Wildman–Crippen MR) is 68.8 cm³/mol. The van der Waals surface area contributed by atoms with Crippen LogP contribution >= 0.6 is 11.6 Å². The molecule has 0 aromatic heterocycles. The first-order valence-corrected chi connectivity index (χ1v) is 6.42. The highest BCUT2D eigenvalue weighted by molar-refractivity contribution is 6.21. The second-order valence-corrected chi connectivity index (χ2v) is 4.90. The summed E-state index contributed by atoms with van der Waals surface area (Å²) in [7, 11) is 0. The minimum absolute atomic E-state index is 0.200. The van der Waals surface area contributed by atoms with Crippen LogP contribution in [0.25, 0.3) is 0 Å². The lowest BCUT2D eigenvalue weighted by Crippen LogP contribution is -2.39. The first kappa shape index (κ1) is 11.9. The van der Waals surface area contributed by atoms with Crippen molar-refractivity contribution >= 4 is 11.6 Å². The van der Waals surface area contributed by atoms with Gasteiger partial charge in [-0.3, -0.25) is 0 Å². The fraction of sp³-hybridized carbons (Fsp3) is 0.538. The van der Waals surface area contributed by atoms with E-state index in [-0.39, 0.29) is 5.38 Å². The third kappa shape index (κ3) is 3.48. The van der Waals surface area contributed by atoms with Crippen LogP contribution in [0.4, 0.5) is 0 Å². The average Bonchev–Trinajstić information content (AvgIpc) is 2.53. The summed E-state index contributed by atoms with van der Waals surface area (Å²) in [5, 5.41) is 7.11. The summed E-state index contributed by atoms with van der Waals surface area (Å²) in [6.45, 7) is 2.91. The van der Waals surface area contributed by atoms with E-state index in [1.807, 2.05) is 6.07 Å². The molecule has 1 aromatic carbocycles. The fourth-order valence-corrected chi connectivity index (χ4v) is 2.41. The standard InChI is InChI=1S/C13H19ClN2/c14-12-10-15-8-4-7-13(12)16-9-11-5-2-1-3-6-11/h1-3,5-6,12-13,15-16H,4,7-10H2. The molecule has 1 saturated heterocycles. The van der Waals surface area contributed by atoms with Crippen molar-refractivity contribution in [3.05, 3.63) is 35.9 Å².